The molecule has 4 rings (SSSR count). The van der Waals surface area contributed by atoms with Crippen molar-refractivity contribution in [3.05, 3.63) is 89.0 Å². The molecule has 27 heavy (non-hydrogen) atoms. The molecule has 2 heterocycles. The predicted octanol–water partition coefficient (Wildman–Crippen LogP) is 5.78. The normalized spacial score (nSPS) is 10.6. The van der Waals surface area contributed by atoms with E-state index in [1.807, 2.05) is 41.8 Å². The lowest BCUT2D eigenvalue weighted by molar-refractivity contribution is 0.102. The molecule has 1 N–H and O–H groups in total. The molecule has 0 saturated heterocycles. The summed E-state index contributed by atoms with van der Waals surface area (Å²) in [6, 6.07) is 18.4. The minimum Gasteiger partial charge on any atom is -0.322 e. The molecule has 0 fully saturated rings. The van der Waals surface area contributed by atoms with E-state index in [-0.39, 0.29) is 5.91 Å². The van der Waals surface area contributed by atoms with Gasteiger partial charge in [-0.3, -0.25) is 9.78 Å². The molecule has 0 aliphatic rings. The molecule has 1 amide bonds. The Kier molecular flexibility index (Phi) is 4.96. The summed E-state index contributed by atoms with van der Waals surface area (Å²) < 4.78 is 0. The number of carbonyl (C=O) groups is 1. The van der Waals surface area contributed by atoms with Crippen LogP contribution in [0.15, 0.2) is 78.4 Å². The van der Waals surface area contributed by atoms with Crippen LogP contribution in [0.1, 0.15) is 10.4 Å². The fraction of sp³-hybridized carbons (Fsp3) is 0. The molecule has 132 valence electrons. The first-order valence-corrected chi connectivity index (χ1v) is 9.48. The van der Waals surface area contributed by atoms with Crippen LogP contribution in [0.2, 0.25) is 5.02 Å². The Balaban J connectivity index is 1.56. The van der Waals surface area contributed by atoms with Gasteiger partial charge in [0.1, 0.15) is 5.01 Å². The molecule has 0 bridgehead atoms. The van der Waals surface area contributed by atoms with Crippen LogP contribution in [0, 0.1) is 0 Å². The molecule has 6 heteroatoms. The van der Waals surface area contributed by atoms with Crippen molar-refractivity contribution >= 4 is 34.5 Å². The number of thiazole rings is 1. The van der Waals surface area contributed by atoms with Crippen LogP contribution in [0.25, 0.3) is 21.8 Å². The molecule has 4 nitrogen and oxygen atoms in total. The summed E-state index contributed by atoms with van der Waals surface area (Å²) in [4.78, 5) is 21.2. The lowest BCUT2D eigenvalue weighted by atomic mass is 10.1. The van der Waals surface area contributed by atoms with E-state index in [9.17, 15) is 4.79 Å². The summed E-state index contributed by atoms with van der Waals surface area (Å²) in [5, 5.41) is 6.34. The van der Waals surface area contributed by atoms with Crippen LogP contribution in [-0.4, -0.2) is 15.9 Å². The Morgan fingerprint density at radius 1 is 1.00 bits per heavy atom. The zero-order chi connectivity index (χ0) is 18.6. The standard InChI is InChI=1S/C21H14ClN3OS/c22-17-7-1-5-15(10-17)20(26)24-18-8-2-4-14(11-18)19-13-27-21(25-19)16-6-3-9-23-12-16/h1-13H,(H,24,26). The van der Waals surface area contributed by atoms with Gasteiger partial charge in [0.2, 0.25) is 0 Å². The van der Waals surface area contributed by atoms with Crippen LogP contribution >= 0.6 is 22.9 Å². The molecule has 0 spiro atoms. The van der Waals surface area contributed by atoms with E-state index < -0.39 is 0 Å². The highest BCUT2D eigenvalue weighted by atomic mass is 35.5. The predicted molar refractivity (Wildman–Crippen MR) is 110 cm³/mol. The van der Waals surface area contributed by atoms with Gasteiger partial charge in [-0.1, -0.05) is 29.8 Å². The Bertz CT molecular complexity index is 1100. The Morgan fingerprint density at radius 2 is 1.85 bits per heavy atom. The van der Waals surface area contributed by atoms with Crippen molar-refractivity contribution in [2.75, 3.05) is 5.32 Å². The molecule has 0 radical (unpaired) electrons. The third-order valence-electron chi connectivity index (χ3n) is 3.92. The van der Waals surface area contributed by atoms with E-state index in [1.165, 1.54) is 0 Å². The summed E-state index contributed by atoms with van der Waals surface area (Å²) in [5.41, 5.74) is 4.00. The first-order chi connectivity index (χ1) is 13.2. The number of nitrogens with zero attached hydrogens (tertiary/aromatic N) is 2. The number of halogens is 1. The Morgan fingerprint density at radius 3 is 2.67 bits per heavy atom. The van der Waals surface area contributed by atoms with Crippen LogP contribution in [0.4, 0.5) is 5.69 Å². The third-order valence-corrected chi connectivity index (χ3v) is 5.04. The zero-order valence-electron chi connectivity index (χ0n) is 14.1. The average Bonchev–Trinajstić information content (AvgIpc) is 3.19. The molecule has 0 unspecified atom stereocenters. The van der Waals surface area contributed by atoms with E-state index >= 15 is 0 Å². The van der Waals surface area contributed by atoms with Crippen molar-refractivity contribution in [2.45, 2.75) is 0 Å². The lowest BCUT2D eigenvalue weighted by Gasteiger charge is -2.07. The smallest absolute Gasteiger partial charge is 0.255 e. The molecule has 2 aromatic carbocycles. The fourth-order valence-corrected chi connectivity index (χ4v) is 3.63. The van der Waals surface area contributed by atoms with Crippen LogP contribution in [0.3, 0.4) is 0 Å². The number of pyridine rings is 1. The Hall–Kier alpha value is -3.02. The summed E-state index contributed by atoms with van der Waals surface area (Å²) in [5.74, 6) is -0.205. The van der Waals surface area contributed by atoms with Gasteiger partial charge in [-0.15, -0.1) is 11.3 Å². The summed E-state index contributed by atoms with van der Waals surface area (Å²) in [6.07, 6.45) is 3.54. The van der Waals surface area contributed by atoms with E-state index in [2.05, 4.69) is 15.3 Å². The average molecular weight is 392 g/mol. The fourth-order valence-electron chi connectivity index (χ4n) is 2.62. The molecular weight excluding hydrogens is 378 g/mol. The maximum atomic E-state index is 12.4. The highest BCUT2D eigenvalue weighted by Gasteiger charge is 2.10. The van der Waals surface area contributed by atoms with Crippen LogP contribution in [-0.2, 0) is 0 Å². The van der Waals surface area contributed by atoms with Gasteiger partial charge < -0.3 is 5.32 Å². The van der Waals surface area contributed by atoms with Gasteiger partial charge in [0.15, 0.2) is 0 Å². The van der Waals surface area contributed by atoms with Gasteiger partial charge in [-0.2, -0.15) is 0 Å². The summed E-state index contributed by atoms with van der Waals surface area (Å²) >= 11 is 7.52. The van der Waals surface area contributed by atoms with Gasteiger partial charge in [-0.05, 0) is 42.5 Å². The number of carbonyl (C=O) groups excluding carboxylic acids is 1. The SMILES string of the molecule is O=C(Nc1cccc(-c2csc(-c3cccnc3)n2)c1)c1cccc(Cl)c1. The Labute approximate surface area is 165 Å². The number of benzene rings is 2. The van der Waals surface area contributed by atoms with Crippen molar-refractivity contribution in [2.24, 2.45) is 0 Å². The van der Waals surface area contributed by atoms with Gasteiger partial charge >= 0.3 is 0 Å². The van der Waals surface area contributed by atoms with Crippen molar-refractivity contribution < 1.29 is 4.79 Å². The monoisotopic (exact) mass is 391 g/mol. The first kappa shape index (κ1) is 17.4. The van der Waals surface area contributed by atoms with Crippen molar-refractivity contribution in [3.63, 3.8) is 0 Å². The lowest BCUT2D eigenvalue weighted by Crippen LogP contribution is -2.11. The molecule has 0 saturated carbocycles. The van der Waals surface area contributed by atoms with Gasteiger partial charge in [0.05, 0.1) is 5.69 Å². The molecule has 0 aliphatic heterocycles. The van der Waals surface area contributed by atoms with Gasteiger partial charge in [0, 0.05) is 45.2 Å². The number of hydrogen-bond donors (Lipinski definition) is 1. The second-order valence-corrected chi connectivity index (χ2v) is 7.12. The number of anilines is 1. The minimum absolute atomic E-state index is 0.205. The van der Waals surface area contributed by atoms with E-state index in [0.717, 1.165) is 21.8 Å². The van der Waals surface area contributed by atoms with Crippen LogP contribution < -0.4 is 5.32 Å². The molecule has 4 aromatic rings. The summed E-state index contributed by atoms with van der Waals surface area (Å²) in [6.45, 7) is 0. The molecular formula is C21H14ClN3OS. The zero-order valence-corrected chi connectivity index (χ0v) is 15.7. The molecule has 0 atom stereocenters. The van der Waals surface area contributed by atoms with Crippen LogP contribution in [0.5, 0.6) is 0 Å². The first-order valence-electron chi connectivity index (χ1n) is 8.22. The second-order valence-electron chi connectivity index (χ2n) is 5.82. The summed E-state index contributed by atoms with van der Waals surface area (Å²) in [7, 11) is 0. The highest BCUT2D eigenvalue weighted by molar-refractivity contribution is 7.13. The number of amides is 1. The maximum absolute atomic E-state index is 12.4. The molecule has 0 aliphatic carbocycles. The van der Waals surface area contributed by atoms with Crippen molar-refractivity contribution in [1.29, 1.82) is 0 Å². The largest absolute Gasteiger partial charge is 0.322 e. The van der Waals surface area contributed by atoms with Crippen molar-refractivity contribution in [1.82, 2.24) is 9.97 Å². The second kappa shape index (κ2) is 7.70. The van der Waals surface area contributed by atoms with Gasteiger partial charge in [0.25, 0.3) is 5.91 Å². The number of hydrogen-bond acceptors (Lipinski definition) is 4. The van der Waals surface area contributed by atoms with Crippen molar-refractivity contribution in [3.8, 4) is 21.8 Å². The highest BCUT2D eigenvalue weighted by Crippen LogP contribution is 2.29. The topological polar surface area (TPSA) is 54.9 Å². The van der Waals surface area contributed by atoms with E-state index in [4.69, 9.17) is 11.6 Å². The number of aromatic nitrogens is 2. The van der Waals surface area contributed by atoms with Gasteiger partial charge in [-0.25, -0.2) is 4.98 Å². The quantitative estimate of drug-likeness (QED) is 0.480. The number of rotatable bonds is 4. The maximum Gasteiger partial charge on any atom is 0.255 e. The van der Waals surface area contributed by atoms with E-state index in [0.29, 0.717) is 16.3 Å². The third kappa shape index (κ3) is 4.05. The number of nitrogens with one attached hydrogen (secondary N) is 1. The minimum atomic E-state index is -0.205. The van der Waals surface area contributed by atoms with E-state index in [1.54, 1.807) is 48.0 Å². The molecule has 2 aromatic heterocycles.